The molecular formula is C46H30N2. The van der Waals surface area contributed by atoms with E-state index in [1.54, 1.807) is 0 Å². The molecule has 224 valence electrons. The third-order valence-electron chi connectivity index (χ3n) is 9.25. The van der Waals surface area contributed by atoms with Crippen molar-refractivity contribution >= 4 is 32.3 Å². The molecule has 0 aliphatic carbocycles. The van der Waals surface area contributed by atoms with E-state index < -0.39 is 0 Å². The summed E-state index contributed by atoms with van der Waals surface area (Å²) in [5.74, 6) is 0.704. The number of fused-ring (bicyclic) bond motifs is 4. The van der Waals surface area contributed by atoms with Crippen molar-refractivity contribution in [1.29, 1.82) is 0 Å². The number of hydrogen-bond acceptors (Lipinski definition) is 2. The van der Waals surface area contributed by atoms with Gasteiger partial charge in [0.2, 0.25) is 0 Å². The minimum atomic E-state index is 0.704. The maximum atomic E-state index is 5.36. The van der Waals surface area contributed by atoms with Crippen molar-refractivity contribution in [3.8, 4) is 56.2 Å². The summed E-state index contributed by atoms with van der Waals surface area (Å²) in [6.07, 6.45) is 0. The first kappa shape index (κ1) is 27.9. The van der Waals surface area contributed by atoms with E-state index >= 15 is 0 Å². The lowest BCUT2D eigenvalue weighted by molar-refractivity contribution is 1.19. The first-order chi connectivity index (χ1) is 23.8. The molecule has 0 radical (unpaired) electrons. The predicted octanol–water partition coefficient (Wildman–Crippen LogP) is 12.3. The summed E-state index contributed by atoms with van der Waals surface area (Å²) < 4.78 is 0. The average molecular weight is 611 g/mol. The molecule has 2 nitrogen and oxygen atoms in total. The zero-order valence-corrected chi connectivity index (χ0v) is 26.2. The lowest BCUT2D eigenvalue weighted by Crippen LogP contribution is -1.98. The van der Waals surface area contributed by atoms with Crippen molar-refractivity contribution in [3.05, 3.63) is 182 Å². The molecular weight excluding hydrogens is 581 g/mol. The van der Waals surface area contributed by atoms with Crippen LogP contribution in [-0.2, 0) is 0 Å². The van der Waals surface area contributed by atoms with E-state index in [-0.39, 0.29) is 0 Å². The van der Waals surface area contributed by atoms with Crippen molar-refractivity contribution in [2.24, 2.45) is 0 Å². The van der Waals surface area contributed by atoms with Crippen LogP contribution >= 0.6 is 0 Å². The van der Waals surface area contributed by atoms with E-state index in [2.05, 4.69) is 176 Å². The molecule has 9 rings (SSSR count). The van der Waals surface area contributed by atoms with Crippen molar-refractivity contribution in [2.75, 3.05) is 0 Å². The van der Waals surface area contributed by atoms with Gasteiger partial charge in [0.05, 0.1) is 11.4 Å². The summed E-state index contributed by atoms with van der Waals surface area (Å²) in [4.78, 5) is 10.7. The number of hydrogen-bond donors (Lipinski definition) is 0. The molecule has 0 N–H and O–H groups in total. The molecule has 0 aliphatic rings. The minimum Gasteiger partial charge on any atom is -0.228 e. The van der Waals surface area contributed by atoms with Gasteiger partial charge >= 0.3 is 0 Å². The van der Waals surface area contributed by atoms with Gasteiger partial charge < -0.3 is 0 Å². The fourth-order valence-corrected chi connectivity index (χ4v) is 6.97. The van der Waals surface area contributed by atoms with E-state index in [0.717, 1.165) is 39.2 Å². The second kappa shape index (κ2) is 11.8. The van der Waals surface area contributed by atoms with Crippen LogP contribution in [-0.4, -0.2) is 9.97 Å². The summed E-state index contributed by atoms with van der Waals surface area (Å²) in [5.41, 5.74) is 9.60. The van der Waals surface area contributed by atoms with Crippen LogP contribution in [0.2, 0.25) is 0 Å². The average Bonchev–Trinajstić information content (AvgIpc) is 3.17. The van der Waals surface area contributed by atoms with Crippen molar-refractivity contribution in [2.45, 2.75) is 0 Å². The van der Waals surface area contributed by atoms with Crippen LogP contribution in [0.25, 0.3) is 88.5 Å². The quantitative estimate of drug-likeness (QED) is 0.143. The Balaban J connectivity index is 1.38. The predicted molar refractivity (Wildman–Crippen MR) is 202 cm³/mol. The van der Waals surface area contributed by atoms with E-state index in [9.17, 15) is 0 Å². The highest BCUT2D eigenvalue weighted by Crippen LogP contribution is 2.42. The molecule has 0 amide bonds. The zero-order chi connectivity index (χ0) is 31.9. The Morgan fingerprint density at radius 3 is 1.65 bits per heavy atom. The second-order valence-electron chi connectivity index (χ2n) is 12.2. The smallest absolute Gasteiger partial charge is 0.160 e. The molecule has 0 atom stereocenters. The molecule has 2 heteroatoms. The molecule has 0 aliphatic heterocycles. The third kappa shape index (κ3) is 4.92. The highest BCUT2D eigenvalue weighted by Gasteiger charge is 2.19. The molecule has 9 aromatic rings. The maximum absolute atomic E-state index is 5.36. The number of nitrogens with zero attached hydrogens (tertiary/aromatic N) is 2. The summed E-state index contributed by atoms with van der Waals surface area (Å²) in [5, 5.41) is 7.19. The molecule has 0 saturated heterocycles. The van der Waals surface area contributed by atoms with Gasteiger partial charge in [0.15, 0.2) is 5.82 Å². The summed E-state index contributed by atoms with van der Waals surface area (Å²) in [6, 6.07) is 64.5. The van der Waals surface area contributed by atoms with Gasteiger partial charge in [-0.25, -0.2) is 9.97 Å². The third-order valence-corrected chi connectivity index (χ3v) is 9.25. The SMILES string of the molecule is c1ccc(-c2ccc(-c3cc(-c4c5ccccc5cc5ccc6ccccc6c45)nc(-c4ccccc4)n3)c(-c3ccccc3)c2)cc1. The highest BCUT2D eigenvalue weighted by molar-refractivity contribution is 6.21. The van der Waals surface area contributed by atoms with Crippen molar-refractivity contribution in [1.82, 2.24) is 9.97 Å². The lowest BCUT2D eigenvalue weighted by Gasteiger charge is -2.17. The van der Waals surface area contributed by atoms with Gasteiger partial charge in [-0.15, -0.1) is 0 Å². The van der Waals surface area contributed by atoms with Gasteiger partial charge in [0.25, 0.3) is 0 Å². The Labute approximate surface area is 279 Å². The number of benzene rings is 8. The van der Waals surface area contributed by atoms with Gasteiger partial charge in [-0.3, -0.25) is 0 Å². The largest absolute Gasteiger partial charge is 0.228 e. The van der Waals surface area contributed by atoms with E-state index in [1.807, 2.05) is 6.07 Å². The fourth-order valence-electron chi connectivity index (χ4n) is 6.97. The van der Waals surface area contributed by atoms with Crippen LogP contribution in [0.1, 0.15) is 0 Å². The fraction of sp³-hybridized carbons (Fsp3) is 0. The Morgan fingerprint density at radius 1 is 0.312 bits per heavy atom. The van der Waals surface area contributed by atoms with Crippen molar-refractivity contribution < 1.29 is 0 Å². The molecule has 0 unspecified atom stereocenters. The highest BCUT2D eigenvalue weighted by atomic mass is 14.9. The first-order valence-corrected chi connectivity index (χ1v) is 16.3. The van der Waals surface area contributed by atoms with Crippen LogP contribution in [0.15, 0.2) is 182 Å². The molecule has 0 spiro atoms. The Morgan fingerprint density at radius 2 is 0.896 bits per heavy atom. The molecule has 0 bridgehead atoms. The first-order valence-electron chi connectivity index (χ1n) is 16.3. The standard InChI is InChI=1S/C46H30N2/c1-4-14-31(15-5-1)35-26-27-40(41(29-35)32-16-6-2-7-17-32)42-30-43(48-46(47-42)34-19-8-3-9-20-34)45-39-23-13-11-21-36(39)28-37-25-24-33-18-10-12-22-38(33)44(37)45/h1-30H. The molecule has 8 aromatic carbocycles. The lowest BCUT2D eigenvalue weighted by atomic mass is 9.89. The van der Waals surface area contributed by atoms with Crippen LogP contribution in [0.5, 0.6) is 0 Å². The van der Waals surface area contributed by atoms with Crippen molar-refractivity contribution in [3.63, 3.8) is 0 Å². The minimum absolute atomic E-state index is 0.704. The topological polar surface area (TPSA) is 25.8 Å². The zero-order valence-electron chi connectivity index (χ0n) is 26.2. The van der Waals surface area contributed by atoms with Gasteiger partial charge in [-0.1, -0.05) is 164 Å². The molecule has 1 heterocycles. The van der Waals surface area contributed by atoms with E-state index in [0.29, 0.717) is 5.82 Å². The molecule has 48 heavy (non-hydrogen) atoms. The summed E-state index contributed by atoms with van der Waals surface area (Å²) in [6.45, 7) is 0. The Kier molecular flexibility index (Phi) is 6.84. The van der Waals surface area contributed by atoms with Gasteiger partial charge in [0.1, 0.15) is 0 Å². The Bertz CT molecular complexity index is 2590. The normalized spacial score (nSPS) is 11.3. The van der Waals surface area contributed by atoms with Gasteiger partial charge in [-0.2, -0.15) is 0 Å². The van der Waals surface area contributed by atoms with E-state index in [1.165, 1.54) is 43.4 Å². The summed E-state index contributed by atoms with van der Waals surface area (Å²) in [7, 11) is 0. The van der Waals surface area contributed by atoms with E-state index in [4.69, 9.17) is 9.97 Å². The van der Waals surface area contributed by atoms with Gasteiger partial charge in [0, 0.05) is 16.7 Å². The maximum Gasteiger partial charge on any atom is 0.160 e. The van der Waals surface area contributed by atoms with Crippen LogP contribution in [0.4, 0.5) is 0 Å². The number of rotatable bonds is 5. The van der Waals surface area contributed by atoms with Gasteiger partial charge in [-0.05, 0) is 72.8 Å². The molecule has 0 fully saturated rings. The molecule has 1 aromatic heterocycles. The summed E-state index contributed by atoms with van der Waals surface area (Å²) >= 11 is 0. The Hall–Kier alpha value is -6.38. The monoisotopic (exact) mass is 610 g/mol. The number of aromatic nitrogens is 2. The second-order valence-corrected chi connectivity index (χ2v) is 12.2. The molecule has 0 saturated carbocycles. The van der Waals surface area contributed by atoms with Crippen LogP contribution < -0.4 is 0 Å². The van der Waals surface area contributed by atoms with Crippen LogP contribution in [0.3, 0.4) is 0 Å². The van der Waals surface area contributed by atoms with Crippen LogP contribution in [0, 0.1) is 0 Å².